The van der Waals surface area contributed by atoms with E-state index in [9.17, 15) is 10.1 Å². The van der Waals surface area contributed by atoms with Gasteiger partial charge in [0.2, 0.25) is 0 Å². The van der Waals surface area contributed by atoms with Crippen LogP contribution in [-0.2, 0) is 0 Å². The number of hydrogen-bond donors (Lipinski definition) is 0. The van der Waals surface area contributed by atoms with Gasteiger partial charge >= 0.3 is 0 Å². The summed E-state index contributed by atoms with van der Waals surface area (Å²) in [4.78, 5) is 10.3. The average molecular weight is 187 g/mol. The summed E-state index contributed by atoms with van der Waals surface area (Å²) in [5.74, 6) is 3.25. The molecule has 0 N–H and O–H groups in total. The zero-order valence-electron chi connectivity index (χ0n) is 7.51. The molecule has 1 aromatic rings. The van der Waals surface area contributed by atoms with Gasteiger partial charge in [-0.05, 0) is 41.2 Å². The van der Waals surface area contributed by atoms with Crippen molar-refractivity contribution in [2.75, 3.05) is 0 Å². The highest BCUT2D eigenvalue weighted by Gasteiger charge is 2.68. The fourth-order valence-corrected chi connectivity index (χ4v) is 3.58. The lowest BCUT2D eigenvalue weighted by molar-refractivity contribution is -0.385. The highest BCUT2D eigenvalue weighted by atomic mass is 16.6. The molecule has 0 heterocycles. The van der Waals surface area contributed by atoms with Crippen LogP contribution >= 0.6 is 0 Å². The Hall–Kier alpha value is -1.38. The Morgan fingerprint density at radius 3 is 3.00 bits per heavy atom. The van der Waals surface area contributed by atoms with Gasteiger partial charge in [0.05, 0.1) is 4.92 Å². The van der Waals surface area contributed by atoms with Crippen LogP contribution in [0.3, 0.4) is 0 Å². The highest BCUT2D eigenvalue weighted by molar-refractivity contribution is 5.55. The Balaban J connectivity index is 1.90. The van der Waals surface area contributed by atoms with Gasteiger partial charge < -0.3 is 0 Å². The standard InChI is InChI=1S/C11H9NO2/c13-12(14)5-1-2-6-7(3-5)8-4-9-10(6)11(8)9/h1-3,8-11H,4H2/t8-,9+,10-,11-/m0/s1. The number of benzene rings is 1. The van der Waals surface area contributed by atoms with Crippen LogP contribution in [0.5, 0.6) is 0 Å². The average Bonchev–Trinajstić information content (AvgIpc) is 2.62. The molecule has 2 saturated carbocycles. The van der Waals surface area contributed by atoms with Crippen LogP contribution in [0.25, 0.3) is 0 Å². The number of rotatable bonds is 1. The van der Waals surface area contributed by atoms with Crippen LogP contribution in [0.4, 0.5) is 5.69 Å². The minimum atomic E-state index is -0.291. The van der Waals surface area contributed by atoms with Crippen LogP contribution in [0, 0.1) is 22.0 Å². The van der Waals surface area contributed by atoms with Crippen molar-refractivity contribution in [2.24, 2.45) is 11.8 Å². The SMILES string of the molecule is O=[N+]([O-])c1ccc2c(c1)[C@@H]1C[C@@H]3[C@H]2[C@H]31. The van der Waals surface area contributed by atoms with E-state index in [1.807, 2.05) is 6.07 Å². The third-order valence-corrected chi connectivity index (χ3v) is 4.26. The molecule has 2 fully saturated rings. The van der Waals surface area contributed by atoms with Crippen molar-refractivity contribution >= 4 is 5.69 Å². The normalized spacial score (nSPS) is 39.7. The van der Waals surface area contributed by atoms with Gasteiger partial charge in [0.25, 0.3) is 5.69 Å². The summed E-state index contributed by atoms with van der Waals surface area (Å²) in [6.07, 6.45) is 1.28. The zero-order valence-corrected chi connectivity index (χ0v) is 7.51. The molecule has 0 aromatic heterocycles. The second-order valence-electron chi connectivity index (χ2n) is 4.68. The highest BCUT2D eigenvalue weighted by Crippen LogP contribution is 2.78. The van der Waals surface area contributed by atoms with Crippen LogP contribution in [0.15, 0.2) is 18.2 Å². The molecule has 4 atom stereocenters. The summed E-state index contributed by atoms with van der Waals surface area (Å²) >= 11 is 0. The maximum Gasteiger partial charge on any atom is 0.269 e. The van der Waals surface area contributed by atoms with Crippen molar-refractivity contribution < 1.29 is 4.92 Å². The van der Waals surface area contributed by atoms with E-state index in [-0.39, 0.29) is 10.6 Å². The Labute approximate surface area is 80.9 Å². The summed E-state index contributed by atoms with van der Waals surface area (Å²) in [5, 5.41) is 10.6. The van der Waals surface area contributed by atoms with Crippen molar-refractivity contribution in [3.63, 3.8) is 0 Å². The van der Waals surface area contributed by atoms with Crippen molar-refractivity contribution in [3.05, 3.63) is 39.4 Å². The summed E-state index contributed by atoms with van der Waals surface area (Å²) in [6.45, 7) is 0. The third kappa shape index (κ3) is 0.567. The van der Waals surface area contributed by atoms with E-state index in [4.69, 9.17) is 0 Å². The summed E-state index contributed by atoms with van der Waals surface area (Å²) < 4.78 is 0. The van der Waals surface area contributed by atoms with Crippen molar-refractivity contribution in [3.8, 4) is 0 Å². The summed E-state index contributed by atoms with van der Waals surface area (Å²) in [6, 6.07) is 5.42. The first-order chi connectivity index (χ1) is 6.77. The lowest BCUT2D eigenvalue weighted by Gasteiger charge is -2.26. The van der Waals surface area contributed by atoms with Crippen LogP contribution in [-0.4, -0.2) is 4.92 Å². The van der Waals surface area contributed by atoms with E-state index < -0.39 is 0 Å². The number of nitrogens with zero attached hydrogens (tertiary/aromatic N) is 1. The first-order valence-electron chi connectivity index (χ1n) is 5.05. The first kappa shape index (κ1) is 6.98. The molecule has 14 heavy (non-hydrogen) atoms. The third-order valence-electron chi connectivity index (χ3n) is 4.26. The lowest BCUT2D eigenvalue weighted by Crippen LogP contribution is -2.14. The minimum absolute atomic E-state index is 0.258. The molecule has 3 aliphatic rings. The van der Waals surface area contributed by atoms with Gasteiger partial charge in [-0.2, -0.15) is 0 Å². The number of non-ortho nitro benzene ring substituents is 1. The van der Waals surface area contributed by atoms with Crippen molar-refractivity contribution in [1.29, 1.82) is 0 Å². The maximum absolute atomic E-state index is 10.6. The number of hydrogen-bond acceptors (Lipinski definition) is 2. The van der Waals surface area contributed by atoms with E-state index in [2.05, 4.69) is 0 Å². The van der Waals surface area contributed by atoms with Crippen molar-refractivity contribution in [1.82, 2.24) is 0 Å². The summed E-state index contributed by atoms with van der Waals surface area (Å²) in [5.41, 5.74) is 2.94. The Kier molecular flexibility index (Phi) is 0.923. The maximum atomic E-state index is 10.6. The van der Waals surface area contributed by atoms with E-state index in [1.165, 1.54) is 17.5 Å². The molecule has 3 aliphatic carbocycles. The Bertz CT molecular complexity index is 468. The van der Waals surface area contributed by atoms with Gasteiger partial charge in [-0.3, -0.25) is 10.1 Å². The summed E-state index contributed by atoms with van der Waals surface area (Å²) in [7, 11) is 0. The van der Waals surface area contributed by atoms with Crippen molar-refractivity contribution in [2.45, 2.75) is 18.3 Å². The first-order valence-corrected chi connectivity index (χ1v) is 5.05. The molecule has 3 nitrogen and oxygen atoms in total. The van der Waals surface area contributed by atoms with Gasteiger partial charge in [0.1, 0.15) is 0 Å². The monoisotopic (exact) mass is 187 g/mol. The molecule has 0 spiro atoms. The predicted molar refractivity (Wildman–Crippen MR) is 50.2 cm³/mol. The van der Waals surface area contributed by atoms with Gasteiger partial charge in [0.15, 0.2) is 0 Å². The Morgan fingerprint density at radius 1 is 1.36 bits per heavy atom. The number of nitro groups is 1. The quantitative estimate of drug-likeness (QED) is 0.500. The number of nitro benzene ring substituents is 1. The molecule has 4 rings (SSSR count). The largest absolute Gasteiger partial charge is 0.269 e. The van der Waals surface area contributed by atoms with E-state index in [0.29, 0.717) is 5.92 Å². The van der Waals surface area contributed by atoms with Gasteiger partial charge in [-0.15, -0.1) is 0 Å². The van der Waals surface area contributed by atoms with Gasteiger partial charge in [0, 0.05) is 12.1 Å². The molecule has 0 amide bonds. The molecule has 0 bridgehead atoms. The fourth-order valence-electron chi connectivity index (χ4n) is 3.58. The molecule has 70 valence electrons. The van der Waals surface area contributed by atoms with Gasteiger partial charge in [-0.1, -0.05) is 6.07 Å². The second-order valence-corrected chi connectivity index (χ2v) is 4.68. The number of fused-ring (bicyclic) bond motifs is 4. The van der Waals surface area contributed by atoms with Crippen LogP contribution in [0.1, 0.15) is 29.4 Å². The minimum Gasteiger partial charge on any atom is -0.258 e. The smallest absolute Gasteiger partial charge is 0.258 e. The van der Waals surface area contributed by atoms with E-state index in [0.717, 1.165) is 17.8 Å². The van der Waals surface area contributed by atoms with Crippen LogP contribution < -0.4 is 0 Å². The van der Waals surface area contributed by atoms with E-state index >= 15 is 0 Å². The topological polar surface area (TPSA) is 43.1 Å². The van der Waals surface area contributed by atoms with Crippen LogP contribution in [0.2, 0.25) is 0 Å². The predicted octanol–water partition coefficient (Wildman–Crippen LogP) is 2.43. The second kappa shape index (κ2) is 1.85. The molecular weight excluding hydrogens is 178 g/mol. The fraction of sp³-hybridized carbons (Fsp3) is 0.455. The molecule has 0 unspecified atom stereocenters. The molecule has 0 saturated heterocycles. The molecule has 0 radical (unpaired) electrons. The molecular formula is C11H9NO2. The Morgan fingerprint density at radius 2 is 2.21 bits per heavy atom. The molecule has 1 aromatic carbocycles. The lowest BCUT2D eigenvalue weighted by atomic mass is 9.78. The molecule has 0 aliphatic heterocycles. The van der Waals surface area contributed by atoms with E-state index in [1.54, 1.807) is 12.1 Å². The zero-order chi connectivity index (χ0) is 9.45. The molecule has 3 heteroatoms. The van der Waals surface area contributed by atoms with Gasteiger partial charge in [-0.25, -0.2) is 0 Å².